The predicted molar refractivity (Wildman–Crippen MR) is 126 cm³/mol. The van der Waals surface area contributed by atoms with Crippen molar-refractivity contribution in [2.24, 2.45) is 0 Å². The molecule has 0 saturated carbocycles. The van der Waals surface area contributed by atoms with Gasteiger partial charge in [-0.05, 0) is 49.5 Å². The standard InChI is InChI=1S/C22H19ClN4O3S2/c1-24-32(29,30)21-12-11-18(31-21)14-25-22(28)20-13-19(15-7-9-16(23)10-8-15)26-27(20)17-5-3-2-4-6-17/h2-13,24H,14H2,1H3,(H,25,28). The molecule has 0 radical (unpaired) electrons. The zero-order valence-electron chi connectivity index (χ0n) is 16.9. The Labute approximate surface area is 194 Å². The molecule has 0 aliphatic rings. The molecule has 2 heterocycles. The molecular weight excluding hydrogens is 468 g/mol. The maximum atomic E-state index is 13.1. The fourth-order valence-corrected chi connectivity index (χ4v) is 5.29. The van der Waals surface area contributed by atoms with Crippen molar-refractivity contribution in [1.29, 1.82) is 0 Å². The minimum absolute atomic E-state index is 0.193. The van der Waals surface area contributed by atoms with E-state index in [1.165, 1.54) is 13.1 Å². The van der Waals surface area contributed by atoms with Crippen LogP contribution in [0.5, 0.6) is 0 Å². The molecule has 0 bridgehead atoms. The Morgan fingerprint density at radius 3 is 2.47 bits per heavy atom. The van der Waals surface area contributed by atoms with Crippen LogP contribution < -0.4 is 10.0 Å². The van der Waals surface area contributed by atoms with Gasteiger partial charge in [-0.1, -0.05) is 41.9 Å². The SMILES string of the molecule is CNS(=O)(=O)c1ccc(CNC(=O)c2cc(-c3ccc(Cl)cc3)nn2-c2ccccc2)s1. The number of para-hydroxylation sites is 1. The molecule has 0 unspecified atom stereocenters. The first-order chi connectivity index (χ1) is 15.4. The summed E-state index contributed by atoms with van der Waals surface area (Å²) < 4.78 is 27.9. The predicted octanol–water partition coefficient (Wildman–Crippen LogP) is 4.09. The summed E-state index contributed by atoms with van der Waals surface area (Å²) in [6.07, 6.45) is 0. The Morgan fingerprint density at radius 2 is 1.78 bits per heavy atom. The fourth-order valence-electron chi connectivity index (χ4n) is 3.03. The van der Waals surface area contributed by atoms with E-state index in [0.717, 1.165) is 27.5 Å². The van der Waals surface area contributed by atoms with Crippen molar-refractivity contribution >= 4 is 38.9 Å². The minimum atomic E-state index is -3.51. The first-order valence-electron chi connectivity index (χ1n) is 9.59. The van der Waals surface area contributed by atoms with Gasteiger partial charge in [0, 0.05) is 15.5 Å². The number of rotatable bonds is 7. The molecule has 4 aromatic rings. The van der Waals surface area contributed by atoms with Gasteiger partial charge >= 0.3 is 0 Å². The third-order valence-corrected chi connectivity index (χ3v) is 7.92. The van der Waals surface area contributed by atoms with Crippen LogP contribution in [0.25, 0.3) is 16.9 Å². The Hall–Kier alpha value is -2.98. The Bertz CT molecular complexity index is 1350. The maximum absolute atomic E-state index is 13.1. The smallest absolute Gasteiger partial charge is 0.270 e. The van der Waals surface area contributed by atoms with Crippen molar-refractivity contribution in [2.45, 2.75) is 10.8 Å². The third kappa shape index (κ3) is 4.76. The van der Waals surface area contributed by atoms with E-state index in [1.54, 1.807) is 28.9 Å². The third-order valence-electron chi connectivity index (χ3n) is 4.68. The molecule has 0 saturated heterocycles. The molecule has 2 aromatic carbocycles. The van der Waals surface area contributed by atoms with Gasteiger partial charge in [-0.15, -0.1) is 11.3 Å². The lowest BCUT2D eigenvalue weighted by Gasteiger charge is -2.07. The van der Waals surface area contributed by atoms with Gasteiger partial charge in [-0.25, -0.2) is 17.8 Å². The van der Waals surface area contributed by atoms with E-state index in [4.69, 9.17) is 11.6 Å². The molecule has 2 aromatic heterocycles. The fraction of sp³-hybridized carbons (Fsp3) is 0.0909. The first-order valence-corrected chi connectivity index (χ1v) is 12.3. The van der Waals surface area contributed by atoms with Gasteiger partial charge in [-0.3, -0.25) is 4.79 Å². The van der Waals surface area contributed by atoms with E-state index in [-0.39, 0.29) is 16.7 Å². The van der Waals surface area contributed by atoms with Gasteiger partial charge in [0.25, 0.3) is 5.91 Å². The highest BCUT2D eigenvalue weighted by molar-refractivity contribution is 7.91. The second-order valence-electron chi connectivity index (χ2n) is 6.78. The number of carbonyl (C=O) groups is 1. The molecule has 0 fully saturated rings. The van der Waals surface area contributed by atoms with Crippen LogP contribution in [0.1, 0.15) is 15.4 Å². The second kappa shape index (κ2) is 9.25. The van der Waals surface area contributed by atoms with E-state index < -0.39 is 10.0 Å². The molecule has 2 N–H and O–H groups in total. The highest BCUT2D eigenvalue weighted by Gasteiger charge is 2.19. The monoisotopic (exact) mass is 486 g/mol. The van der Waals surface area contributed by atoms with Crippen LogP contribution in [0.2, 0.25) is 5.02 Å². The zero-order chi connectivity index (χ0) is 22.7. The van der Waals surface area contributed by atoms with Gasteiger partial charge in [0.05, 0.1) is 17.9 Å². The summed E-state index contributed by atoms with van der Waals surface area (Å²) in [6, 6.07) is 21.5. The van der Waals surface area contributed by atoms with Crippen molar-refractivity contribution < 1.29 is 13.2 Å². The van der Waals surface area contributed by atoms with E-state index in [0.29, 0.717) is 16.4 Å². The lowest BCUT2D eigenvalue weighted by molar-refractivity contribution is 0.0943. The highest BCUT2D eigenvalue weighted by Crippen LogP contribution is 2.24. The van der Waals surface area contributed by atoms with Crippen LogP contribution in [0.15, 0.2) is 77.0 Å². The largest absolute Gasteiger partial charge is 0.346 e. The first kappa shape index (κ1) is 22.2. The van der Waals surface area contributed by atoms with E-state index in [2.05, 4.69) is 15.1 Å². The molecule has 164 valence electrons. The quantitative estimate of drug-likeness (QED) is 0.411. The van der Waals surface area contributed by atoms with Crippen LogP contribution in [-0.2, 0) is 16.6 Å². The molecule has 32 heavy (non-hydrogen) atoms. The van der Waals surface area contributed by atoms with Gasteiger partial charge in [0.1, 0.15) is 9.90 Å². The van der Waals surface area contributed by atoms with Crippen molar-refractivity contribution in [1.82, 2.24) is 19.8 Å². The highest BCUT2D eigenvalue weighted by atomic mass is 35.5. The Balaban J connectivity index is 1.61. The molecule has 7 nitrogen and oxygen atoms in total. The van der Waals surface area contributed by atoms with E-state index in [1.807, 2.05) is 42.5 Å². The number of aromatic nitrogens is 2. The van der Waals surface area contributed by atoms with Crippen LogP contribution >= 0.6 is 22.9 Å². The molecule has 0 spiro atoms. The van der Waals surface area contributed by atoms with Crippen molar-refractivity contribution in [3.8, 4) is 16.9 Å². The summed E-state index contributed by atoms with van der Waals surface area (Å²) >= 11 is 7.10. The summed E-state index contributed by atoms with van der Waals surface area (Å²) in [7, 11) is -2.15. The second-order valence-corrected chi connectivity index (χ2v) is 10.5. The van der Waals surface area contributed by atoms with Crippen molar-refractivity contribution in [3.63, 3.8) is 0 Å². The summed E-state index contributed by atoms with van der Waals surface area (Å²) in [5, 5.41) is 8.10. The number of halogens is 1. The van der Waals surface area contributed by atoms with Crippen LogP contribution in [0.4, 0.5) is 0 Å². The average molecular weight is 487 g/mol. The summed E-state index contributed by atoms with van der Waals surface area (Å²) in [6.45, 7) is 0.193. The summed E-state index contributed by atoms with van der Waals surface area (Å²) in [4.78, 5) is 13.8. The number of amides is 1. The van der Waals surface area contributed by atoms with E-state index >= 15 is 0 Å². The van der Waals surface area contributed by atoms with Crippen molar-refractivity contribution in [3.05, 3.63) is 88.4 Å². The number of thiophene rings is 1. The van der Waals surface area contributed by atoms with Crippen molar-refractivity contribution in [2.75, 3.05) is 7.05 Å². The van der Waals surface area contributed by atoms with Crippen LogP contribution in [0, 0.1) is 0 Å². The number of sulfonamides is 1. The number of nitrogens with zero attached hydrogens (tertiary/aromatic N) is 2. The topological polar surface area (TPSA) is 93.1 Å². The van der Waals surface area contributed by atoms with Crippen LogP contribution in [-0.4, -0.2) is 31.2 Å². The van der Waals surface area contributed by atoms with Gasteiger partial charge in [0.15, 0.2) is 0 Å². The molecule has 0 aliphatic carbocycles. The number of benzene rings is 2. The molecule has 1 amide bonds. The number of nitrogens with one attached hydrogen (secondary N) is 2. The zero-order valence-corrected chi connectivity index (χ0v) is 19.3. The summed E-state index contributed by atoms with van der Waals surface area (Å²) in [5.74, 6) is -0.326. The minimum Gasteiger partial charge on any atom is -0.346 e. The molecule has 0 aliphatic heterocycles. The van der Waals surface area contributed by atoms with Crippen LogP contribution in [0.3, 0.4) is 0 Å². The number of carbonyl (C=O) groups excluding carboxylic acids is 1. The van der Waals surface area contributed by atoms with E-state index in [9.17, 15) is 13.2 Å². The Kier molecular flexibility index (Phi) is 6.43. The average Bonchev–Trinajstić information content (AvgIpc) is 3.47. The molecular formula is C22H19ClN4O3S2. The molecule has 0 atom stereocenters. The lowest BCUT2D eigenvalue weighted by Crippen LogP contribution is -2.25. The number of hydrogen-bond acceptors (Lipinski definition) is 5. The van der Waals surface area contributed by atoms with Gasteiger partial charge in [-0.2, -0.15) is 5.10 Å². The van der Waals surface area contributed by atoms with Gasteiger partial charge in [0.2, 0.25) is 10.0 Å². The maximum Gasteiger partial charge on any atom is 0.270 e. The normalized spacial score (nSPS) is 11.4. The van der Waals surface area contributed by atoms with Gasteiger partial charge < -0.3 is 5.32 Å². The molecule has 10 heteroatoms. The number of hydrogen-bond donors (Lipinski definition) is 2. The lowest BCUT2D eigenvalue weighted by atomic mass is 10.1. The molecule has 4 rings (SSSR count). The summed E-state index contributed by atoms with van der Waals surface area (Å²) in [5.41, 5.74) is 2.57. The Morgan fingerprint density at radius 1 is 1.06 bits per heavy atom.